The van der Waals surface area contributed by atoms with Crippen LogP contribution in [0.1, 0.15) is 25.7 Å². The van der Waals surface area contributed by atoms with Crippen molar-refractivity contribution in [3.05, 3.63) is 36.4 Å². The van der Waals surface area contributed by atoms with Crippen LogP contribution < -0.4 is 4.90 Å². The van der Waals surface area contributed by atoms with Crippen LogP contribution >= 0.6 is 0 Å². The van der Waals surface area contributed by atoms with Crippen LogP contribution in [0.2, 0.25) is 0 Å². The minimum absolute atomic E-state index is 0.0528. The minimum Gasteiger partial charge on any atom is -0.356 e. The smallest absolute Gasteiger partial charge is 0.227 e. The van der Waals surface area contributed by atoms with Crippen molar-refractivity contribution in [3.63, 3.8) is 0 Å². The van der Waals surface area contributed by atoms with Crippen LogP contribution in [0.25, 0.3) is 33.9 Å². The number of rotatable bonds is 4. The molecule has 1 amide bonds. The molecule has 0 spiro atoms. The molecule has 2 aliphatic heterocycles. The predicted molar refractivity (Wildman–Crippen MR) is 123 cm³/mol. The number of benzene rings is 1. The molecular formula is C23H25N9O. The first-order valence-corrected chi connectivity index (χ1v) is 11.5. The third-order valence-electron chi connectivity index (χ3n) is 6.58. The Morgan fingerprint density at radius 2 is 1.88 bits per heavy atom. The highest BCUT2D eigenvalue weighted by Gasteiger charge is 2.31. The Morgan fingerprint density at radius 1 is 1.00 bits per heavy atom. The molecule has 0 aliphatic carbocycles. The van der Waals surface area contributed by atoms with E-state index in [-0.39, 0.29) is 5.92 Å². The lowest BCUT2D eigenvalue weighted by Crippen LogP contribution is -2.44. The van der Waals surface area contributed by atoms with Gasteiger partial charge in [-0.2, -0.15) is 5.21 Å². The van der Waals surface area contributed by atoms with E-state index in [1.165, 1.54) is 0 Å². The summed E-state index contributed by atoms with van der Waals surface area (Å²) in [4.78, 5) is 30.1. The average molecular weight is 444 g/mol. The van der Waals surface area contributed by atoms with Gasteiger partial charge in [0.2, 0.25) is 11.7 Å². The summed E-state index contributed by atoms with van der Waals surface area (Å²) in [7, 11) is 0. The molecule has 1 atom stereocenters. The third-order valence-corrected chi connectivity index (χ3v) is 6.58. The number of piperidine rings is 1. The number of hydrogen-bond donors (Lipinski definition) is 2. The Labute approximate surface area is 190 Å². The number of imidazole rings is 1. The minimum atomic E-state index is 0.0528. The first-order valence-electron chi connectivity index (χ1n) is 11.5. The number of hydrogen-bond acceptors (Lipinski definition) is 7. The molecule has 168 valence electrons. The topological polar surface area (TPSA) is 120 Å². The number of nitrogens with zero attached hydrogens (tertiary/aromatic N) is 7. The first-order chi connectivity index (χ1) is 16.2. The van der Waals surface area contributed by atoms with Crippen molar-refractivity contribution in [2.75, 3.05) is 31.1 Å². The summed E-state index contributed by atoms with van der Waals surface area (Å²) in [6, 6.07) is 11.9. The van der Waals surface area contributed by atoms with Crippen LogP contribution in [0.3, 0.4) is 0 Å². The Kier molecular flexibility index (Phi) is 4.97. The SMILES string of the molecule is O=C(C1CCCN(c2ccc3[nH]c(-c4cccc(-c5nn[nH]n5)c4)nc3n2)C1)N1CCCC1. The third kappa shape index (κ3) is 3.81. The molecule has 4 aromatic rings. The predicted octanol–water partition coefficient (Wildman–Crippen LogP) is 2.64. The maximum Gasteiger partial charge on any atom is 0.227 e. The molecular weight excluding hydrogens is 418 g/mol. The monoisotopic (exact) mass is 443 g/mol. The average Bonchev–Trinajstić information content (AvgIpc) is 3.65. The highest BCUT2D eigenvalue weighted by Crippen LogP contribution is 2.28. The second-order valence-electron chi connectivity index (χ2n) is 8.76. The Hall–Kier alpha value is -3.82. The fourth-order valence-corrected chi connectivity index (χ4v) is 4.87. The maximum atomic E-state index is 12.9. The summed E-state index contributed by atoms with van der Waals surface area (Å²) < 4.78 is 0. The van der Waals surface area contributed by atoms with Gasteiger partial charge in [0.25, 0.3) is 0 Å². The number of carbonyl (C=O) groups excluding carboxylic acids is 1. The summed E-state index contributed by atoms with van der Waals surface area (Å²) in [6.07, 6.45) is 4.20. The molecule has 5 heterocycles. The van der Waals surface area contributed by atoms with Gasteiger partial charge in [0, 0.05) is 37.3 Å². The molecule has 10 heteroatoms. The largest absolute Gasteiger partial charge is 0.356 e. The molecule has 0 saturated carbocycles. The van der Waals surface area contributed by atoms with Gasteiger partial charge in [-0.25, -0.2) is 9.97 Å². The van der Waals surface area contributed by atoms with E-state index in [4.69, 9.17) is 9.97 Å². The lowest BCUT2D eigenvalue weighted by atomic mass is 9.96. The molecule has 6 rings (SSSR count). The second-order valence-corrected chi connectivity index (χ2v) is 8.76. The standard InChI is InChI=1S/C23H25N9O/c33-23(31-10-1-2-11-31)17-7-4-12-32(14-17)19-9-8-18-22(25-19)26-20(24-18)15-5-3-6-16(13-15)21-27-29-30-28-21/h3,5-6,8-9,13,17H,1-2,4,7,10-12,14H2,(H,24,25,26)(H,27,28,29,30). The van der Waals surface area contributed by atoms with Crippen LogP contribution in [-0.4, -0.2) is 72.6 Å². The number of aromatic amines is 2. The summed E-state index contributed by atoms with van der Waals surface area (Å²) in [5.41, 5.74) is 3.32. The summed E-state index contributed by atoms with van der Waals surface area (Å²) in [5, 5.41) is 14.2. The zero-order chi connectivity index (χ0) is 22.2. The number of aromatic nitrogens is 7. The van der Waals surface area contributed by atoms with Crippen molar-refractivity contribution in [2.24, 2.45) is 5.92 Å². The number of anilines is 1. The van der Waals surface area contributed by atoms with E-state index in [0.29, 0.717) is 17.4 Å². The number of likely N-dealkylation sites (tertiary alicyclic amines) is 1. The van der Waals surface area contributed by atoms with Crippen molar-refractivity contribution < 1.29 is 4.79 Å². The Bertz CT molecular complexity index is 1280. The molecule has 2 aliphatic rings. The van der Waals surface area contributed by atoms with Gasteiger partial charge in [-0.15, -0.1) is 10.2 Å². The second kappa shape index (κ2) is 8.27. The quantitative estimate of drug-likeness (QED) is 0.497. The van der Waals surface area contributed by atoms with Gasteiger partial charge in [-0.3, -0.25) is 4.79 Å². The molecule has 2 saturated heterocycles. The molecule has 2 N–H and O–H groups in total. The molecule has 1 unspecified atom stereocenters. The number of H-pyrrole nitrogens is 2. The Balaban J connectivity index is 1.24. The molecule has 3 aromatic heterocycles. The highest BCUT2D eigenvalue weighted by atomic mass is 16.2. The van der Waals surface area contributed by atoms with E-state index in [0.717, 1.165) is 80.1 Å². The molecule has 10 nitrogen and oxygen atoms in total. The van der Waals surface area contributed by atoms with Crippen LogP contribution in [0.4, 0.5) is 5.82 Å². The van der Waals surface area contributed by atoms with E-state index < -0.39 is 0 Å². The van der Waals surface area contributed by atoms with Gasteiger partial charge >= 0.3 is 0 Å². The van der Waals surface area contributed by atoms with E-state index in [9.17, 15) is 4.79 Å². The zero-order valence-corrected chi connectivity index (χ0v) is 18.2. The number of amides is 1. The van der Waals surface area contributed by atoms with Gasteiger partial charge in [-0.1, -0.05) is 18.2 Å². The normalized spacial score (nSPS) is 18.8. The van der Waals surface area contributed by atoms with Crippen molar-refractivity contribution in [2.45, 2.75) is 25.7 Å². The van der Waals surface area contributed by atoms with Gasteiger partial charge in [-0.05, 0) is 49.1 Å². The number of tetrazole rings is 1. The zero-order valence-electron chi connectivity index (χ0n) is 18.2. The highest BCUT2D eigenvalue weighted by molar-refractivity contribution is 5.81. The number of fused-ring (bicyclic) bond motifs is 1. The van der Waals surface area contributed by atoms with Crippen LogP contribution in [0, 0.1) is 5.92 Å². The van der Waals surface area contributed by atoms with E-state index in [1.54, 1.807) is 0 Å². The molecule has 0 radical (unpaired) electrons. The van der Waals surface area contributed by atoms with Gasteiger partial charge < -0.3 is 14.8 Å². The summed E-state index contributed by atoms with van der Waals surface area (Å²) in [6.45, 7) is 3.44. The number of carbonyl (C=O) groups is 1. The van der Waals surface area contributed by atoms with Crippen LogP contribution in [0.15, 0.2) is 36.4 Å². The van der Waals surface area contributed by atoms with Crippen molar-refractivity contribution in [1.29, 1.82) is 0 Å². The van der Waals surface area contributed by atoms with Crippen molar-refractivity contribution in [1.82, 2.24) is 40.5 Å². The number of nitrogens with one attached hydrogen (secondary N) is 2. The van der Waals surface area contributed by atoms with Gasteiger partial charge in [0.05, 0.1) is 11.4 Å². The van der Waals surface area contributed by atoms with Gasteiger partial charge in [0.1, 0.15) is 11.6 Å². The van der Waals surface area contributed by atoms with Gasteiger partial charge in [0.15, 0.2) is 5.65 Å². The number of pyridine rings is 1. The molecule has 2 fully saturated rings. The first kappa shape index (κ1) is 19.8. The van der Waals surface area contributed by atoms with Crippen LogP contribution in [-0.2, 0) is 4.79 Å². The van der Waals surface area contributed by atoms with E-state index in [2.05, 4.69) is 30.5 Å². The molecule has 33 heavy (non-hydrogen) atoms. The molecule has 1 aromatic carbocycles. The molecule has 0 bridgehead atoms. The Morgan fingerprint density at radius 3 is 2.73 bits per heavy atom. The van der Waals surface area contributed by atoms with Crippen molar-refractivity contribution in [3.8, 4) is 22.8 Å². The van der Waals surface area contributed by atoms with E-state index >= 15 is 0 Å². The fraction of sp³-hybridized carbons (Fsp3) is 0.391. The van der Waals surface area contributed by atoms with Crippen LogP contribution in [0.5, 0.6) is 0 Å². The fourth-order valence-electron chi connectivity index (χ4n) is 4.87. The lowest BCUT2D eigenvalue weighted by molar-refractivity contribution is -0.134. The maximum absolute atomic E-state index is 12.9. The summed E-state index contributed by atoms with van der Waals surface area (Å²) in [5.74, 6) is 2.51. The van der Waals surface area contributed by atoms with Crippen molar-refractivity contribution >= 4 is 22.9 Å². The summed E-state index contributed by atoms with van der Waals surface area (Å²) >= 11 is 0. The van der Waals surface area contributed by atoms with E-state index in [1.807, 2.05) is 41.3 Å². The lowest BCUT2D eigenvalue weighted by Gasteiger charge is -2.34.